The lowest BCUT2D eigenvalue weighted by atomic mass is 9.94. The average Bonchev–Trinajstić information content (AvgIpc) is 2.94. The van der Waals surface area contributed by atoms with Crippen molar-refractivity contribution in [1.82, 2.24) is 4.90 Å². The van der Waals surface area contributed by atoms with Crippen LogP contribution in [0.25, 0.3) is 10.8 Å². The summed E-state index contributed by atoms with van der Waals surface area (Å²) in [5.41, 5.74) is 2.70. The van der Waals surface area contributed by atoms with E-state index in [1.165, 1.54) is 21.9 Å². The largest absolute Gasteiger partial charge is 0.449 e. The molecule has 0 N–H and O–H groups in total. The van der Waals surface area contributed by atoms with E-state index in [2.05, 4.69) is 55.1 Å². The lowest BCUT2D eigenvalue weighted by Crippen LogP contribution is -2.30. The van der Waals surface area contributed by atoms with Gasteiger partial charge < -0.3 is 4.74 Å². The molecule has 1 atom stereocenters. The third-order valence-electron chi connectivity index (χ3n) is 4.56. The Morgan fingerprint density at radius 1 is 1.23 bits per heavy atom. The molecule has 0 aliphatic carbocycles. The van der Waals surface area contributed by atoms with Crippen LogP contribution < -0.4 is 0 Å². The highest BCUT2D eigenvalue weighted by molar-refractivity contribution is 5.89. The van der Waals surface area contributed by atoms with E-state index in [-0.39, 0.29) is 6.23 Å². The number of nitrogens with zero attached hydrogens (tertiary/aromatic N) is 1. The molecule has 1 aliphatic heterocycles. The molecule has 1 unspecified atom stereocenters. The lowest BCUT2D eigenvalue weighted by molar-refractivity contribution is -0.141. The molecule has 3 rings (SSSR count). The number of benzene rings is 2. The van der Waals surface area contributed by atoms with Gasteiger partial charge in [0, 0.05) is 13.1 Å². The first-order valence-electron chi connectivity index (χ1n) is 8.04. The van der Waals surface area contributed by atoms with Gasteiger partial charge in [-0.1, -0.05) is 50.2 Å². The molecular formula is C19H23NO2. The molecule has 2 aromatic carbocycles. The number of rotatable bonds is 5. The number of carbonyl (C=O) groups excluding carboxylic acids is 1. The summed E-state index contributed by atoms with van der Waals surface area (Å²) in [5.74, 6) is 0.511. The Morgan fingerprint density at radius 2 is 2.00 bits per heavy atom. The van der Waals surface area contributed by atoms with Crippen LogP contribution in [0.4, 0.5) is 0 Å². The van der Waals surface area contributed by atoms with Gasteiger partial charge in [0.2, 0.25) is 0 Å². The first kappa shape index (κ1) is 15.0. The molecule has 22 heavy (non-hydrogen) atoms. The molecule has 1 saturated heterocycles. The monoisotopic (exact) mass is 297 g/mol. The van der Waals surface area contributed by atoms with Crippen molar-refractivity contribution in [3.8, 4) is 0 Å². The van der Waals surface area contributed by atoms with Gasteiger partial charge in [-0.2, -0.15) is 0 Å². The van der Waals surface area contributed by atoms with Gasteiger partial charge in [-0.05, 0) is 40.7 Å². The van der Waals surface area contributed by atoms with Crippen LogP contribution in [0.2, 0.25) is 0 Å². The minimum atomic E-state index is -0.0685. The molecule has 0 spiro atoms. The maximum Gasteiger partial charge on any atom is 0.294 e. The van der Waals surface area contributed by atoms with Crippen LogP contribution in [0.1, 0.15) is 43.7 Å². The van der Waals surface area contributed by atoms with Crippen LogP contribution in [0.15, 0.2) is 36.4 Å². The van der Waals surface area contributed by atoms with Crippen molar-refractivity contribution >= 4 is 17.2 Å². The Hall–Kier alpha value is -1.87. The van der Waals surface area contributed by atoms with Crippen molar-refractivity contribution in [1.29, 1.82) is 0 Å². The fourth-order valence-corrected chi connectivity index (χ4v) is 3.45. The number of hydrogen-bond donors (Lipinski definition) is 0. The molecule has 1 fully saturated rings. The van der Waals surface area contributed by atoms with Crippen LogP contribution in [0, 0.1) is 0 Å². The third kappa shape index (κ3) is 2.86. The summed E-state index contributed by atoms with van der Waals surface area (Å²) < 4.78 is 5.21. The number of hydrogen-bond acceptors (Lipinski definition) is 3. The van der Waals surface area contributed by atoms with Crippen LogP contribution >= 0.6 is 0 Å². The van der Waals surface area contributed by atoms with Crippen LogP contribution in [0.3, 0.4) is 0 Å². The summed E-state index contributed by atoms with van der Waals surface area (Å²) in [6.45, 7) is 6.85. The van der Waals surface area contributed by atoms with Crippen molar-refractivity contribution in [2.24, 2.45) is 0 Å². The van der Waals surface area contributed by atoms with Crippen molar-refractivity contribution < 1.29 is 9.53 Å². The Balaban J connectivity index is 1.94. The van der Waals surface area contributed by atoms with Gasteiger partial charge in [0.15, 0.2) is 6.23 Å². The molecule has 0 bridgehead atoms. The highest BCUT2D eigenvalue weighted by Gasteiger charge is 2.26. The highest BCUT2D eigenvalue weighted by Crippen LogP contribution is 2.29. The predicted molar refractivity (Wildman–Crippen MR) is 88.6 cm³/mol. The van der Waals surface area contributed by atoms with E-state index in [0.717, 1.165) is 25.9 Å². The van der Waals surface area contributed by atoms with Crippen LogP contribution in [-0.2, 0) is 16.1 Å². The smallest absolute Gasteiger partial charge is 0.294 e. The number of fused-ring (bicyclic) bond motifs is 1. The maximum absolute atomic E-state index is 10.6. The van der Waals surface area contributed by atoms with E-state index in [1.807, 2.05) is 0 Å². The van der Waals surface area contributed by atoms with E-state index in [0.29, 0.717) is 12.4 Å². The molecule has 116 valence electrons. The van der Waals surface area contributed by atoms with Crippen molar-refractivity contribution in [3.63, 3.8) is 0 Å². The molecule has 0 amide bonds. The van der Waals surface area contributed by atoms with Crippen molar-refractivity contribution in [3.05, 3.63) is 47.5 Å². The second kappa shape index (κ2) is 6.49. The fraction of sp³-hybridized carbons (Fsp3) is 0.421. The summed E-state index contributed by atoms with van der Waals surface area (Å²) in [6, 6.07) is 13.1. The van der Waals surface area contributed by atoms with E-state index < -0.39 is 0 Å². The molecule has 2 aromatic rings. The molecule has 0 radical (unpaired) electrons. The highest BCUT2D eigenvalue weighted by atomic mass is 16.5. The fourth-order valence-electron chi connectivity index (χ4n) is 3.45. The molecule has 0 aromatic heterocycles. The van der Waals surface area contributed by atoms with E-state index in [1.54, 1.807) is 0 Å². The SMILES string of the molecule is CC(C)c1cccc2c(CN3CCCC3OC=O)cccc12. The van der Waals surface area contributed by atoms with Gasteiger partial charge in [-0.3, -0.25) is 9.69 Å². The van der Waals surface area contributed by atoms with Gasteiger partial charge >= 0.3 is 0 Å². The van der Waals surface area contributed by atoms with Crippen molar-refractivity contribution in [2.75, 3.05) is 6.54 Å². The molecule has 1 heterocycles. The molecule has 3 heteroatoms. The minimum Gasteiger partial charge on any atom is -0.449 e. The van der Waals surface area contributed by atoms with Gasteiger partial charge in [0.25, 0.3) is 6.47 Å². The number of carbonyl (C=O) groups is 1. The van der Waals surface area contributed by atoms with Gasteiger partial charge in [0.1, 0.15) is 0 Å². The Labute approximate surface area is 131 Å². The molecule has 3 nitrogen and oxygen atoms in total. The summed E-state index contributed by atoms with van der Waals surface area (Å²) in [5, 5.41) is 2.65. The first-order chi connectivity index (χ1) is 10.7. The predicted octanol–water partition coefficient (Wildman–Crippen LogP) is 4.06. The Kier molecular flexibility index (Phi) is 4.44. The topological polar surface area (TPSA) is 29.5 Å². The first-order valence-corrected chi connectivity index (χ1v) is 8.04. The summed E-state index contributed by atoms with van der Waals surface area (Å²) >= 11 is 0. The summed E-state index contributed by atoms with van der Waals surface area (Å²) in [7, 11) is 0. The number of likely N-dealkylation sites (tertiary alicyclic amines) is 1. The molecule has 1 aliphatic rings. The van der Waals surface area contributed by atoms with Crippen LogP contribution in [0.5, 0.6) is 0 Å². The zero-order valence-electron chi connectivity index (χ0n) is 13.3. The van der Waals surface area contributed by atoms with E-state index in [4.69, 9.17) is 4.74 Å². The Morgan fingerprint density at radius 3 is 2.77 bits per heavy atom. The van der Waals surface area contributed by atoms with Gasteiger partial charge in [-0.25, -0.2) is 0 Å². The average molecular weight is 297 g/mol. The second-order valence-corrected chi connectivity index (χ2v) is 6.31. The Bertz CT molecular complexity index is 666. The van der Waals surface area contributed by atoms with E-state index in [9.17, 15) is 4.79 Å². The lowest BCUT2D eigenvalue weighted by Gasteiger charge is -2.23. The quantitative estimate of drug-likeness (QED) is 0.780. The summed E-state index contributed by atoms with van der Waals surface area (Å²) in [4.78, 5) is 12.9. The van der Waals surface area contributed by atoms with E-state index >= 15 is 0 Å². The zero-order valence-corrected chi connectivity index (χ0v) is 13.3. The molecular weight excluding hydrogens is 274 g/mol. The zero-order chi connectivity index (χ0) is 15.5. The minimum absolute atomic E-state index is 0.0685. The molecule has 0 saturated carbocycles. The maximum atomic E-state index is 10.6. The normalized spacial score (nSPS) is 19.0. The second-order valence-electron chi connectivity index (χ2n) is 6.31. The van der Waals surface area contributed by atoms with Crippen LogP contribution in [-0.4, -0.2) is 24.1 Å². The van der Waals surface area contributed by atoms with Gasteiger partial charge in [0.05, 0.1) is 0 Å². The number of ether oxygens (including phenoxy) is 1. The summed E-state index contributed by atoms with van der Waals surface area (Å²) in [6.07, 6.45) is 1.95. The standard InChI is InChI=1S/C19H23NO2/c1-14(2)16-7-4-8-17-15(6-3-9-18(16)17)12-20-11-5-10-19(20)22-13-21/h3-4,6-9,13-14,19H,5,10-12H2,1-2H3. The third-order valence-corrected chi connectivity index (χ3v) is 4.56. The van der Waals surface area contributed by atoms with Gasteiger partial charge in [-0.15, -0.1) is 0 Å². The van der Waals surface area contributed by atoms with Crippen molar-refractivity contribution in [2.45, 2.75) is 45.4 Å².